The van der Waals surface area contributed by atoms with Crippen LogP contribution in [0.3, 0.4) is 0 Å². The van der Waals surface area contributed by atoms with Gasteiger partial charge in [0, 0.05) is 19.3 Å². The number of carboxylic acid groups (broad SMARTS) is 2. The van der Waals surface area contributed by atoms with Gasteiger partial charge in [0.05, 0.1) is 0 Å². The normalized spacial score (nSPS) is 9.68. The van der Waals surface area contributed by atoms with Gasteiger partial charge in [0.25, 0.3) is 0 Å². The topological polar surface area (TPSA) is 118 Å². The number of carboxylic acids is 2. The van der Waals surface area contributed by atoms with Gasteiger partial charge in [0.2, 0.25) is 5.91 Å². The minimum atomic E-state index is -0.740. The van der Waals surface area contributed by atoms with E-state index in [4.69, 9.17) is 15.9 Å². The third-order valence-corrected chi connectivity index (χ3v) is 3.06. The van der Waals surface area contributed by atoms with Crippen LogP contribution in [0, 0.1) is 0 Å². The molecule has 6 nitrogen and oxygen atoms in total. The predicted octanol–water partition coefficient (Wildman–Crippen LogP) is 3.33. The van der Waals surface area contributed by atoms with Gasteiger partial charge >= 0.3 is 11.9 Å². The average Bonchev–Trinajstić information content (AvgIpc) is 2.42. The molecule has 0 unspecified atom stereocenters. The van der Waals surface area contributed by atoms with Crippen LogP contribution in [-0.4, -0.2) is 28.1 Å². The lowest BCUT2D eigenvalue weighted by atomic mass is 10.1. The highest BCUT2D eigenvalue weighted by atomic mass is 16.4. The number of aliphatic carboxylic acids is 2. The van der Waals surface area contributed by atoms with Crippen molar-refractivity contribution in [3.8, 4) is 0 Å². The van der Waals surface area contributed by atoms with Crippen LogP contribution in [0.4, 0.5) is 0 Å². The van der Waals surface area contributed by atoms with Gasteiger partial charge in [-0.3, -0.25) is 14.4 Å². The third kappa shape index (κ3) is 26.9. The molecule has 0 fully saturated rings. The molecule has 1 amide bonds. The van der Waals surface area contributed by atoms with Gasteiger partial charge in [-0.25, -0.2) is 0 Å². The second-order valence-corrected chi connectivity index (χ2v) is 5.33. The number of carbonyl (C=O) groups excluding carboxylic acids is 1. The first kappa shape index (κ1) is 22.7. The molecular formula is C16H31NO5. The van der Waals surface area contributed by atoms with Gasteiger partial charge in [-0.2, -0.15) is 0 Å². The lowest BCUT2D eigenvalue weighted by Gasteiger charge is -1.98. The summed E-state index contributed by atoms with van der Waals surface area (Å²) in [5.41, 5.74) is 4.89. The average molecular weight is 317 g/mol. The number of carbonyl (C=O) groups is 3. The van der Waals surface area contributed by atoms with Crippen LogP contribution in [0.2, 0.25) is 0 Å². The molecule has 22 heavy (non-hydrogen) atoms. The zero-order valence-electron chi connectivity index (χ0n) is 13.7. The quantitative estimate of drug-likeness (QED) is 0.450. The summed E-state index contributed by atoms with van der Waals surface area (Å²) in [5.74, 6) is -1.66. The molecule has 0 radical (unpaired) electrons. The summed E-state index contributed by atoms with van der Waals surface area (Å²) in [7, 11) is 0. The maximum atomic E-state index is 10.1. The van der Waals surface area contributed by atoms with Crippen molar-refractivity contribution < 1.29 is 24.6 Å². The first-order valence-electron chi connectivity index (χ1n) is 8.12. The van der Waals surface area contributed by atoms with Crippen molar-refractivity contribution in [2.45, 2.75) is 84.0 Å². The molecule has 0 spiro atoms. The van der Waals surface area contributed by atoms with Crippen molar-refractivity contribution >= 4 is 17.8 Å². The minimum absolute atomic E-state index is 0.182. The Balaban J connectivity index is 0. The molecule has 0 aliphatic heterocycles. The molecular weight excluding hydrogens is 286 g/mol. The lowest BCUT2D eigenvalue weighted by Crippen LogP contribution is -2.09. The first-order chi connectivity index (χ1) is 10.4. The molecule has 0 saturated carbocycles. The van der Waals surface area contributed by atoms with Crippen molar-refractivity contribution in [1.82, 2.24) is 0 Å². The predicted molar refractivity (Wildman–Crippen MR) is 85.5 cm³/mol. The van der Waals surface area contributed by atoms with E-state index in [9.17, 15) is 14.4 Å². The van der Waals surface area contributed by atoms with Crippen LogP contribution < -0.4 is 5.73 Å². The standard InChI is InChI=1S/C10H18O4.C6H13NO/c11-9(12)7-5-3-1-2-4-6-8-10(13)14;1-2-3-4-5-6(7)8/h1-8H2,(H,11,12)(H,13,14);2-5H2,1H3,(H2,7,8). The van der Waals surface area contributed by atoms with Crippen molar-refractivity contribution in [3.05, 3.63) is 0 Å². The number of hydrogen-bond donors (Lipinski definition) is 3. The van der Waals surface area contributed by atoms with Gasteiger partial charge in [-0.15, -0.1) is 0 Å². The Labute approximate surface area is 133 Å². The van der Waals surface area contributed by atoms with E-state index in [2.05, 4.69) is 6.92 Å². The van der Waals surface area contributed by atoms with Gasteiger partial charge in [-0.05, 0) is 19.3 Å². The molecule has 6 heteroatoms. The SMILES string of the molecule is CCCCCC(N)=O.O=C(O)CCCCCCCCC(=O)O. The van der Waals surface area contributed by atoms with Crippen LogP contribution in [0.1, 0.15) is 84.0 Å². The summed E-state index contributed by atoms with van der Waals surface area (Å²) < 4.78 is 0. The molecule has 0 bridgehead atoms. The second kappa shape index (κ2) is 17.5. The van der Waals surface area contributed by atoms with E-state index >= 15 is 0 Å². The van der Waals surface area contributed by atoms with E-state index in [-0.39, 0.29) is 18.7 Å². The fraction of sp³-hybridized carbons (Fsp3) is 0.812. The van der Waals surface area contributed by atoms with Crippen molar-refractivity contribution in [2.24, 2.45) is 5.73 Å². The molecule has 0 aromatic rings. The van der Waals surface area contributed by atoms with Crippen LogP contribution in [-0.2, 0) is 14.4 Å². The molecule has 4 N–H and O–H groups in total. The van der Waals surface area contributed by atoms with Crippen LogP contribution >= 0.6 is 0 Å². The molecule has 0 aromatic heterocycles. The molecule has 0 aliphatic rings. The van der Waals surface area contributed by atoms with E-state index in [1.54, 1.807) is 0 Å². The highest BCUT2D eigenvalue weighted by Gasteiger charge is 1.98. The summed E-state index contributed by atoms with van der Waals surface area (Å²) in [6.07, 6.45) is 9.58. The van der Waals surface area contributed by atoms with Gasteiger partial charge in [0.15, 0.2) is 0 Å². The number of rotatable bonds is 13. The Bertz CT molecular complexity index is 285. The maximum absolute atomic E-state index is 10.1. The smallest absolute Gasteiger partial charge is 0.303 e. The highest BCUT2D eigenvalue weighted by molar-refractivity contribution is 5.73. The number of primary amides is 1. The van der Waals surface area contributed by atoms with E-state index in [0.29, 0.717) is 6.42 Å². The van der Waals surface area contributed by atoms with E-state index in [1.807, 2.05) is 0 Å². The van der Waals surface area contributed by atoms with Gasteiger partial charge in [-0.1, -0.05) is 45.4 Å². The second-order valence-electron chi connectivity index (χ2n) is 5.33. The molecule has 0 saturated heterocycles. The molecule has 130 valence electrons. The molecule has 0 aromatic carbocycles. The lowest BCUT2D eigenvalue weighted by molar-refractivity contribution is -0.138. The van der Waals surface area contributed by atoms with Crippen LogP contribution in [0.25, 0.3) is 0 Å². The summed E-state index contributed by atoms with van der Waals surface area (Å²) in [6, 6.07) is 0. The molecule has 0 heterocycles. The highest BCUT2D eigenvalue weighted by Crippen LogP contribution is 2.08. The van der Waals surface area contributed by atoms with Crippen LogP contribution in [0.15, 0.2) is 0 Å². The number of amides is 1. The molecule has 0 rings (SSSR count). The van der Waals surface area contributed by atoms with Crippen molar-refractivity contribution in [2.75, 3.05) is 0 Å². The third-order valence-electron chi connectivity index (χ3n) is 3.06. The monoisotopic (exact) mass is 317 g/mol. The Hall–Kier alpha value is -1.59. The summed E-state index contributed by atoms with van der Waals surface area (Å²) in [4.78, 5) is 30.4. The largest absolute Gasteiger partial charge is 0.481 e. The zero-order chi connectivity index (χ0) is 17.2. The molecule has 0 atom stereocenters. The fourth-order valence-electron chi connectivity index (χ4n) is 1.81. The summed E-state index contributed by atoms with van der Waals surface area (Å²) in [6.45, 7) is 2.10. The van der Waals surface area contributed by atoms with E-state index < -0.39 is 11.9 Å². The Kier molecular flexibility index (Phi) is 18.0. The zero-order valence-corrected chi connectivity index (χ0v) is 13.7. The van der Waals surface area contributed by atoms with E-state index in [1.165, 1.54) is 0 Å². The summed E-state index contributed by atoms with van der Waals surface area (Å²) in [5, 5.41) is 16.7. The van der Waals surface area contributed by atoms with Gasteiger partial charge < -0.3 is 15.9 Å². The van der Waals surface area contributed by atoms with Crippen LogP contribution in [0.5, 0.6) is 0 Å². The molecule has 0 aliphatic carbocycles. The Morgan fingerprint density at radius 3 is 1.36 bits per heavy atom. The van der Waals surface area contributed by atoms with Crippen molar-refractivity contribution in [3.63, 3.8) is 0 Å². The minimum Gasteiger partial charge on any atom is -0.481 e. The number of hydrogen-bond acceptors (Lipinski definition) is 3. The Morgan fingerprint density at radius 2 is 1.05 bits per heavy atom. The summed E-state index contributed by atoms with van der Waals surface area (Å²) >= 11 is 0. The number of unbranched alkanes of at least 4 members (excludes halogenated alkanes) is 7. The van der Waals surface area contributed by atoms with Crippen molar-refractivity contribution in [1.29, 1.82) is 0 Å². The number of nitrogens with two attached hydrogens (primary N) is 1. The Morgan fingerprint density at radius 1 is 0.682 bits per heavy atom. The first-order valence-corrected chi connectivity index (χ1v) is 8.12. The van der Waals surface area contributed by atoms with Gasteiger partial charge in [0.1, 0.15) is 0 Å². The maximum Gasteiger partial charge on any atom is 0.303 e. The van der Waals surface area contributed by atoms with E-state index in [0.717, 1.165) is 57.8 Å². The fourth-order valence-corrected chi connectivity index (χ4v) is 1.81.